The highest BCUT2D eigenvalue weighted by Crippen LogP contribution is 2.37. The summed E-state index contributed by atoms with van der Waals surface area (Å²) in [6, 6.07) is 6.72. The van der Waals surface area contributed by atoms with Gasteiger partial charge in [-0.25, -0.2) is 34.1 Å². The van der Waals surface area contributed by atoms with Crippen molar-refractivity contribution in [3.63, 3.8) is 0 Å². The molecule has 40 heavy (non-hydrogen) atoms. The third kappa shape index (κ3) is 5.71. The lowest BCUT2D eigenvalue weighted by Crippen LogP contribution is -2.25. The Kier molecular flexibility index (Phi) is 7.33. The first kappa shape index (κ1) is 26.6. The molecule has 12 nitrogen and oxygen atoms in total. The molecule has 5 aromatic rings. The number of aryl methyl sites for hydroxylation is 1. The molecule has 0 bridgehead atoms. The molecule has 0 spiro atoms. The molecule has 5 rings (SSSR count). The largest absolute Gasteiger partial charge is 0.487 e. The van der Waals surface area contributed by atoms with E-state index >= 15 is 0 Å². The molecule has 0 fully saturated rings. The quantitative estimate of drug-likeness (QED) is 0.279. The molecule has 3 aromatic heterocycles. The second kappa shape index (κ2) is 11.0. The van der Waals surface area contributed by atoms with Gasteiger partial charge < -0.3 is 19.9 Å². The number of nitrogens with one attached hydrogen (secondary N) is 1. The number of methoxy groups -OCH3 is 1. The van der Waals surface area contributed by atoms with Gasteiger partial charge >= 0.3 is 6.09 Å². The Morgan fingerprint density at radius 3 is 2.58 bits per heavy atom. The van der Waals surface area contributed by atoms with Crippen LogP contribution in [0.25, 0.3) is 31.8 Å². The van der Waals surface area contributed by atoms with Crippen LogP contribution >= 0.6 is 11.3 Å². The molecule has 2 aromatic carbocycles. The van der Waals surface area contributed by atoms with Crippen molar-refractivity contribution in [1.82, 2.24) is 24.9 Å². The number of benzene rings is 2. The highest BCUT2D eigenvalue weighted by atomic mass is 32.1. The van der Waals surface area contributed by atoms with Crippen molar-refractivity contribution in [3.05, 3.63) is 60.1 Å². The predicted octanol–water partition coefficient (Wildman–Crippen LogP) is 4.27. The van der Waals surface area contributed by atoms with Crippen molar-refractivity contribution in [2.75, 3.05) is 19.0 Å². The summed E-state index contributed by atoms with van der Waals surface area (Å²) in [5.74, 6) is -1.19. The van der Waals surface area contributed by atoms with Gasteiger partial charge in [-0.15, -0.1) is 11.3 Å². The summed E-state index contributed by atoms with van der Waals surface area (Å²) in [7, 11) is 1.53. The number of aromatic nitrogens is 5. The van der Waals surface area contributed by atoms with E-state index in [1.807, 2.05) is 19.1 Å². The van der Waals surface area contributed by atoms with Crippen LogP contribution in [0.5, 0.6) is 11.6 Å². The van der Waals surface area contributed by atoms with Crippen LogP contribution in [0.3, 0.4) is 0 Å². The van der Waals surface area contributed by atoms with Crippen molar-refractivity contribution in [2.24, 2.45) is 5.73 Å². The summed E-state index contributed by atoms with van der Waals surface area (Å²) in [6.45, 7) is 3.42. The van der Waals surface area contributed by atoms with Gasteiger partial charge in [0.1, 0.15) is 17.7 Å². The number of hydrogen-bond donors (Lipinski definition) is 2. The zero-order valence-corrected chi connectivity index (χ0v) is 22.3. The zero-order valence-electron chi connectivity index (χ0n) is 21.5. The highest BCUT2D eigenvalue weighted by Gasteiger charge is 2.17. The van der Waals surface area contributed by atoms with Gasteiger partial charge in [-0.05, 0) is 31.5 Å². The molecular formula is C26H22FN7O5S. The maximum absolute atomic E-state index is 14.9. The Morgan fingerprint density at radius 1 is 1.07 bits per heavy atom. The molecule has 0 saturated carbocycles. The Morgan fingerprint density at radius 2 is 1.85 bits per heavy atom. The van der Waals surface area contributed by atoms with Crippen molar-refractivity contribution in [3.8, 4) is 22.2 Å². The summed E-state index contributed by atoms with van der Waals surface area (Å²) in [4.78, 5) is 44.2. The van der Waals surface area contributed by atoms with Gasteiger partial charge in [0.15, 0.2) is 11.6 Å². The first-order chi connectivity index (χ1) is 19.2. The summed E-state index contributed by atoms with van der Waals surface area (Å²) in [5.41, 5.74) is 8.81. The molecule has 0 radical (unpaired) electrons. The van der Waals surface area contributed by atoms with Gasteiger partial charge in [0, 0.05) is 17.7 Å². The topological polar surface area (TPSA) is 164 Å². The first-order valence-electron chi connectivity index (χ1n) is 11.8. The molecule has 3 heterocycles. The molecule has 0 aliphatic rings. The molecule has 3 N–H and O–H groups in total. The smallest absolute Gasteiger partial charge is 0.412 e. The van der Waals surface area contributed by atoms with Crippen LogP contribution in [0.4, 0.5) is 14.9 Å². The molecule has 14 heteroatoms. The van der Waals surface area contributed by atoms with Crippen LogP contribution in [0.2, 0.25) is 0 Å². The average molecular weight is 564 g/mol. The predicted molar refractivity (Wildman–Crippen MR) is 145 cm³/mol. The number of ether oxygens (including phenoxy) is 3. The van der Waals surface area contributed by atoms with E-state index in [4.69, 9.17) is 19.9 Å². The Bertz CT molecular complexity index is 1750. The number of fused-ring (bicyclic) bond motifs is 2. The third-order valence-corrected chi connectivity index (χ3v) is 6.60. The van der Waals surface area contributed by atoms with Gasteiger partial charge in [0.2, 0.25) is 11.7 Å². The van der Waals surface area contributed by atoms with Crippen LogP contribution in [-0.2, 0) is 4.74 Å². The number of primary amides is 1. The van der Waals surface area contributed by atoms with Gasteiger partial charge in [-0.2, -0.15) is 0 Å². The normalized spacial score (nSPS) is 11.8. The molecule has 204 valence electrons. The monoisotopic (exact) mass is 563 g/mol. The van der Waals surface area contributed by atoms with Crippen LogP contribution < -0.4 is 20.5 Å². The minimum Gasteiger partial charge on any atom is -0.487 e. The molecular weight excluding hydrogens is 541 g/mol. The van der Waals surface area contributed by atoms with Crippen molar-refractivity contribution in [2.45, 2.75) is 20.0 Å². The first-order valence-corrected chi connectivity index (χ1v) is 12.7. The van der Waals surface area contributed by atoms with Gasteiger partial charge in [0.25, 0.3) is 5.91 Å². The van der Waals surface area contributed by atoms with Crippen LogP contribution in [0.1, 0.15) is 23.1 Å². The third-order valence-electron chi connectivity index (χ3n) is 5.55. The lowest BCUT2D eigenvalue weighted by atomic mass is 10.1. The van der Waals surface area contributed by atoms with Gasteiger partial charge in [-0.3, -0.25) is 10.1 Å². The van der Waals surface area contributed by atoms with E-state index in [2.05, 4.69) is 30.2 Å². The number of carbonyl (C=O) groups is 2. The standard InChI is InChI=1S/C26H22FN7O5S/c1-12-4-15(22-18(5-12)33-21(37-3)10-29-22)25-34-17-6-16(27)19(7-20(17)40-25)38-11-13(2)39-26(36)32-14-8-30-24(23(28)35)31-9-14/h4-10,13H,11H2,1-3H3,(H2,28,35)(H,32,36)/t13-/m1/s1. The van der Waals surface area contributed by atoms with Gasteiger partial charge in [-0.1, -0.05) is 0 Å². The summed E-state index contributed by atoms with van der Waals surface area (Å²) in [6.07, 6.45) is 2.43. The Hall–Kier alpha value is -4.98. The van der Waals surface area contributed by atoms with Crippen LogP contribution in [-0.4, -0.2) is 56.7 Å². The number of thiazole rings is 1. The second-order valence-corrected chi connectivity index (χ2v) is 9.70. The van der Waals surface area contributed by atoms with E-state index in [9.17, 15) is 14.0 Å². The number of nitrogens with two attached hydrogens (primary N) is 1. The van der Waals surface area contributed by atoms with Crippen molar-refractivity contribution >= 4 is 50.3 Å². The van der Waals surface area contributed by atoms with E-state index in [0.717, 1.165) is 11.1 Å². The highest BCUT2D eigenvalue weighted by molar-refractivity contribution is 7.21. The number of anilines is 1. The van der Waals surface area contributed by atoms with Crippen LogP contribution in [0.15, 0.2) is 42.9 Å². The zero-order chi connectivity index (χ0) is 28.4. The lowest BCUT2D eigenvalue weighted by molar-refractivity contribution is 0.0844. The molecule has 0 unspecified atom stereocenters. The fraction of sp³-hybridized carbons (Fsp3) is 0.192. The Labute approximate surface area is 230 Å². The SMILES string of the molecule is COc1cnc2c(-c3nc4cc(F)c(OC[C@@H](C)OC(=O)Nc5cnc(C(N)=O)nc5)cc4s3)cc(C)cc2n1. The molecule has 0 aliphatic heterocycles. The van der Waals surface area contributed by atoms with E-state index in [-0.39, 0.29) is 23.9 Å². The summed E-state index contributed by atoms with van der Waals surface area (Å²) < 4.78 is 31.6. The van der Waals surface area contributed by atoms with E-state index in [0.29, 0.717) is 32.1 Å². The number of nitrogens with zero attached hydrogens (tertiary/aromatic N) is 5. The number of amides is 2. The molecule has 0 aliphatic carbocycles. The van der Waals surface area contributed by atoms with Crippen molar-refractivity contribution in [1.29, 1.82) is 0 Å². The van der Waals surface area contributed by atoms with Crippen LogP contribution in [0, 0.1) is 12.7 Å². The number of rotatable bonds is 8. The molecule has 2 amide bonds. The van der Waals surface area contributed by atoms with E-state index in [1.54, 1.807) is 13.0 Å². The fourth-order valence-electron chi connectivity index (χ4n) is 3.76. The maximum atomic E-state index is 14.9. The average Bonchev–Trinajstić information content (AvgIpc) is 3.33. The number of carbonyl (C=O) groups excluding carboxylic acids is 2. The molecule has 1 atom stereocenters. The number of halogens is 1. The van der Waals surface area contributed by atoms with E-state index < -0.39 is 23.9 Å². The molecule has 0 saturated heterocycles. The summed E-state index contributed by atoms with van der Waals surface area (Å²) >= 11 is 1.36. The summed E-state index contributed by atoms with van der Waals surface area (Å²) in [5, 5.41) is 3.08. The maximum Gasteiger partial charge on any atom is 0.412 e. The van der Waals surface area contributed by atoms with Crippen molar-refractivity contribution < 1.29 is 28.2 Å². The van der Waals surface area contributed by atoms with Gasteiger partial charge in [0.05, 0.1) is 52.6 Å². The minimum atomic E-state index is -0.805. The number of hydrogen-bond acceptors (Lipinski definition) is 11. The fourth-order valence-corrected chi connectivity index (χ4v) is 4.75. The Balaban J connectivity index is 1.28. The van der Waals surface area contributed by atoms with E-state index in [1.165, 1.54) is 43.1 Å². The lowest BCUT2D eigenvalue weighted by Gasteiger charge is -2.15. The second-order valence-electron chi connectivity index (χ2n) is 8.67. The minimum absolute atomic E-state index is 0.00683.